The van der Waals surface area contributed by atoms with Gasteiger partial charge >= 0.3 is 6.03 Å². The molecule has 0 bridgehead atoms. The van der Waals surface area contributed by atoms with Crippen LogP contribution in [0.4, 0.5) is 4.79 Å². The number of fused-ring (bicyclic) bond motifs is 1. The molecule has 1 saturated carbocycles. The number of urea groups is 1. The van der Waals surface area contributed by atoms with Crippen molar-refractivity contribution in [3.63, 3.8) is 0 Å². The minimum Gasteiger partial charge on any atom is -0.497 e. The Labute approximate surface area is 178 Å². The summed E-state index contributed by atoms with van der Waals surface area (Å²) in [6.45, 7) is 1.91. The maximum atomic E-state index is 13.0. The van der Waals surface area contributed by atoms with Crippen molar-refractivity contribution in [2.45, 2.75) is 51.1 Å². The van der Waals surface area contributed by atoms with Gasteiger partial charge in [0.1, 0.15) is 5.75 Å². The van der Waals surface area contributed by atoms with Crippen molar-refractivity contribution in [3.8, 4) is 5.75 Å². The highest BCUT2D eigenvalue weighted by molar-refractivity contribution is 5.80. The molecule has 0 spiro atoms. The first-order valence-electron chi connectivity index (χ1n) is 11.0. The van der Waals surface area contributed by atoms with E-state index in [9.17, 15) is 9.59 Å². The molecule has 3 rings (SSSR count). The molecule has 1 aromatic carbocycles. The number of ether oxygens (including phenoxy) is 1. The van der Waals surface area contributed by atoms with Crippen molar-refractivity contribution in [2.24, 2.45) is 0 Å². The Kier molecular flexibility index (Phi) is 7.74. The zero-order valence-electron chi connectivity index (χ0n) is 18.4. The number of H-pyrrole nitrogens is 1. The number of rotatable bonds is 8. The molecule has 1 fully saturated rings. The van der Waals surface area contributed by atoms with Gasteiger partial charge in [-0.3, -0.25) is 4.79 Å². The van der Waals surface area contributed by atoms with Crippen LogP contribution in [0.15, 0.2) is 29.1 Å². The monoisotopic (exact) mass is 415 g/mol. The molecular weight excluding hydrogens is 380 g/mol. The first-order valence-corrected chi connectivity index (χ1v) is 11.0. The normalized spacial score (nSPS) is 14.8. The van der Waals surface area contributed by atoms with Crippen LogP contribution < -0.4 is 20.5 Å². The number of aromatic amines is 1. The molecule has 7 nitrogen and oxygen atoms in total. The summed E-state index contributed by atoms with van der Waals surface area (Å²) in [6, 6.07) is 7.67. The topological polar surface area (TPSA) is 78.9 Å². The van der Waals surface area contributed by atoms with Crippen molar-refractivity contribution in [1.82, 2.24) is 15.2 Å². The van der Waals surface area contributed by atoms with Gasteiger partial charge in [-0.05, 0) is 36.4 Å². The third-order valence-electron chi connectivity index (χ3n) is 5.82. The van der Waals surface area contributed by atoms with E-state index in [1.807, 2.05) is 24.3 Å². The number of carbonyl (C=O) groups is 1. The molecule has 1 heterocycles. The van der Waals surface area contributed by atoms with Crippen molar-refractivity contribution in [1.29, 1.82) is 0 Å². The van der Waals surface area contributed by atoms with Crippen molar-refractivity contribution >= 4 is 16.9 Å². The van der Waals surface area contributed by atoms with E-state index < -0.39 is 0 Å². The van der Waals surface area contributed by atoms with Gasteiger partial charge in [0.15, 0.2) is 0 Å². The molecule has 7 heteroatoms. The molecule has 0 saturated heterocycles. The highest BCUT2D eigenvalue weighted by atomic mass is 16.5. The third kappa shape index (κ3) is 5.98. The van der Waals surface area contributed by atoms with Crippen LogP contribution in [0.1, 0.15) is 44.1 Å². The lowest BCUT2D eigenvalue weighted by atomic mass is 9.96. The molecule has 2 aromatic rings. The molecule has 0 aliphatic heterocycles. The first kappa shape index (κ1) is 22.2. The van der Waals surface area contributed by atoms with Crippen LogP contribution in [-0.2, 0) is 6.54 Å². The molecule has 1 aliphatic rings. The fourth-order valence-corrected chi connectivity index (χ4v) is 4.06. The average molecular weight is 416 g/mol. The van der Waals surface area contributed by atoms with Gasteiger partial charge in [0.25, 0.3) is 5.56 Å². The summed E-state index contributed by atoms with van der Waals surface area (Å²) in [4.78, 5) is 31.8. The van der Waals surface area contributed by atoms with Crippen LogP contribution in [0.2, 0.25) is 0 Å². The molecule has 1 aliphatic carbocycles. The predicted octanol–water partition coefficient (Wildman–Crippen LogP) is 1.92. The molecular formula is C23H35N4O3+. The fourth-order valence-electron chi connectivity index (χ4n) is 4.06. The largest absolute Gasteiger partial charge is 0.497 e. The Balaban J connectivity index is 1.77. The second-order valence-corrected chi connectivity index (χ2v) is 8.59. The third-order valence-corrected chi connectivity index (χ3v) is 5.82. The zero-order chi connectivity index (χ0) is 21.5. The lowest BCUT2D eigenvalue weighted by Gasteiger charge is -2.28. The van der Waals surface area contributed by atoms with Gasteiger partial charge in [-0.1, -0.05) is 19.3 Å². The summed E-state index contributed by atoms with van der Waals surface area (Å²) in [6.07, 6.45) is 6.56. The van der Waals surface area contributed by atoms with Gasteiger partial charge in [0.05, 0.1) is 39.8 Å². The average Bonchev–Trinajstić information content (AvgIpc) is 2.73. The Morgan fingerprint density at radius 1 is 1.23 bits per heavy atom. The number of pyridine rings is 1. The van der Waals surface area contributed by atoms with E-state index in [1.54, 1.807) is 12.0 Å². The highest BCUT2D eigenvalue weighted by Crippen LogP contribution is 2.20. The summed E-state index contributed by atoms with van der Waals surface area (Å²) >= 11 is 0. The van der Waals surface area contributed by atoms with Crippen LogP contribution in [-0.4, -0.2) is 56.3 Å². The Hall–Kier alpha value is -2.54. The van der Waals surface area contributed by atoms with E-state index in [0.29, 0.717) is 24.4 Å². The molecule has 30 heavy (non-hydrogen) atoms. The maximum Gasteiger partial charge on any atom is 0.317 e. The Bertz CT molecular complexity index is 903. The summed E-state index contributed by atoms with van der Waals surface area (Å²) in [5.41, 5.74) is 1.17. The SMILES string of the molecule is COc1ccc2cc(CN(CCC[NH+](C)C)C(=O)NC3CCCCC3)c(=O)[nH]c2c1. The highest BCUT2D eigenvalue weighted by Gasteiger charge is 2.21. The lowest BCUT2D eigenvalue weighted by molar-refractivity contribution is -0.858. The standard InChI is InChI=1S/C23H34N4O3/c1-26(2)12-7-13-27(23(29)24-19-8-5-4-6-9-19)16-18-14-17-10-11-20(30-3)15-21(17)25-22(18)28/h10-11,14-15,19H,4-9,12-13,16H2,1-3H3,(H,24,29)(H,25,28)/p+1. The van der Waals surface area contributed by atoms with Crippen LogP contribution >= 0.6 is 0 Å². The van der Waals surface area contributed by atoms with Gasteiger partial charge in [-0.15, -0.1) is 0 Å². The number of hydrogen-bond acceptors (Lipinski definition) is 3. The fraction of sp³-hybridized carbons (Fsp3) is 0.565. The first-order chi connectivity index (χ1) is 14.5. The van der Waals surface area contributed by atoms with E-state index in [0.717, 1.165) is 36.7 Å². The molecule has 164 valence electrons. The number of carbonyl (C=O) groups excluding carboxylic acids is 1. The zero-order valence-corrected chi connectivity index (χ0v) is 18.4. The van der Waals surface area contributed by atoms with E-state index >= 15 is 0 Å². The predicted molar refractivity (Wildman–Crippen MR) is 119 cm³/mol. The number of aromatic nitrogens is 1. The quantitative estimate of drug-likeness (QED) is 0.616. The summed E-state index contributed by atoms with van der Waals surface area (Å²) in [7, 11) is 5.81. The van der Waals surface area contributed by atoms with Gasteiger partial charge in [-0.25, -0.2) is 4.79 Å². The lowest BCUT2D eigenvalue weighted by Crippen LogP contribution is -3.05. The van der Waals surface area contributed by atoms with Crippen molar-refractivity contribution in [2.75, 3.05) is 34.3 Å². The van der Waals surface area contributed by atoms with E-state index in [-0.39, 0.29) is 17.6 Å². The van der Waals surface area contributed by atoms with Gasteiger partial charge < -0.3 is 24.8 Å². The number of nitrogens with zero attached hydrogens (tertiary/aromatic N) is 1. The number of methoxy groups -OCH3 is 1. The van der Waals surface area contributed by atoms with Crippen LogP contribution in [0.5, 0.6) is 5.75 Å². The number of quaternary nitrogens is 1. The molecule has 1 aromatic heterocycles. The Morgan fingerprint density at radius 3 is 2.70 bits per heavy atom. The number of hydrogen-bond donors (Lipinski definition) is 3. The van der Waals surface area contributed by atoms with Gasteiger partial charge in [-0.2, -0.15) is 0 Å². The minimum absolute atomic E-state index is 0.0649. The van der Waals surface area contributed by atoms with Crippen LogP contribution in [0.3, 0.4) is 0 Å². The number of benzene rings is 1. The van der Waals surface area contributed by atoms with E-state index in [4.69, 9.17) is 4.74 Å². The maximum absolute atomic E-state index is 13.0. The van der Waals surface area contributed by atoms with Gasteiger partial charge in [0.2, 0.25) is 0 Å². The second-order valence-electron chi connectivity index (χ2n) is 8.59. The van der Waals surface area contributed by atoms with E-state index in [2.05, 4.69) is 24.4 Å². The second kappa shape index (κ2) is 10.5. The smallest absolute Gasteiger partial charge is 0.317 e. The summed E-state index contributed by atoms with van der Waals surface area (Å²) in [5.74, 6) is 0.700. The number of amides is 2. The molecule has 3 N–H and O–H groups in total. The van der Waals surface area contributed by atoms with E-state index in [1.165, 1.54) is 24.2 Å². The van der Waals surface area contributed by atoms with Crippen molar-refractivity contribution in [3.05, 3.63) is 40.2 Å². The number of nitrogens with one attached hydrogen (secondary N) is 3. The minimum atomic E-state index is -0.163. The summed E-state index contributed by atoms with van der Waals surface area (Å²) in [5, 5.41) is 4.13. The molecule has 0 radical (unpaired) electrons. The Morgan fingerprint density at radius 2 is 2.00 bits per heavy atom. The summed E-state index contributed by atoms with van der Waals surface area (Å²) < 4.78 is 5.24. The van der Waals surface area contributed by atoms with Crippen LogP contribution in [0.25, 0.3) is 10.9 Å². The van der Waals surface area contributed by atoms with Crippen LogP contribution in [0, 0.1) is 0 Å². The molecule has 0 unspecified atom stereocenters. The molecule has 2 amide bonds. The molecule has 0 atom stereocenters. The van der Waals surface area contributed by atoms with Crippen molar-refractivity contribution < 1.29 is 14.4 Å². The van der Waals surface area contributed by atoms with Gasteiger partial charge in [0, 0.05) is 30.6 Å².